The van der Waals surface area contributed by atoms with E-state index in [0.29, 0.717) is 0 Å². The molecule has 11 heavy (non-hydrogen) atoms. The largest absolute Gasteiger partial charge is 1.00 e. The average Bonchev–Trinajstić information content (AvgIpc) is 1.87. The molecule has 0 aromatic rings. The summed E-state index contributed by atoms with van der Waals surface area (Å²) in [5, 5.41) is 9.83. The van der Waals surface area contributed by atoms with E-state index in [-0.39, 0.29) is 22.4 Å². The number of hydrogen-bond acceptors (Lipinski definition) is 2. The second kappa shape index (κ2) is 9.95. The van der Waals surface area contributed by atoms with Crippen molar-refractivity contribution >= 4 is 5.97 Å². The first-order chi connectivity index (χ1) is 4.77. The maximum atomic E-state index is 9.83. The summed E-state index contributed by atoms with van der Waals surface area (Å²) in [5.41, 5.74) is 0. The van der Waals surface area contributed by atoms with Gasteiger partial charge in [0.05, 0.1) is 5.97 Å². The van der Waals surface area contributed by atoms with E-state index < -0.39 is 5.97 Å². The minimum absolute atomic E-state index is 0. The maximum Gasteiger partial charge on any atom is 1.00 e. The first kappa shape index (κ1) is 13.5. The van der Waals surface area contributed by atoms with E-state index in [1.165, 1.54) is 6.42 Å². The molecular formula is C8H13AgO2. The molecule has 3 heteroatoms. The Morgan fingerprint density at radius 1 is 1.45 bits per heavy atom. The SMILES string of the molecule is CCCCCC=CC(=O)[O-].[Ag+]. The fraction of sp³-hybridized carbons (Fsp3) is 0.625. The minimum Gasteiger partial charge on any atom is -0.545 e. The summed E-state index contributed by atoms with van der Waals surface area (Å²) >= 11 is 0. The van der Waals surface area contributed by atoms with Crippen LogP contribution in [-0.2, 0) is 27.2 Å². The van der Waals surface area contributed by atoms with Gasteiger partial charge in [-0.3, -0.25) is 0 Å². The van der Waals surface area contributed by atoms with E-state index in [9.17, 15) is 9.90 Å². The molecule has 2 nitrogen and oxygen atoms in total. The van der Waals surface area contributed by atoms with Gasteiger partial charge in [0.1, 0.15) is 0 Å². The van der Waals surface area contributed by atoms with E-state index in [2.05, 4.69) is 6.92 Å². The van der Waals surface area contributed by atoms with Crippen molar-refractivity contribution in [3.8, 4) is 0 Å². The van der Waals surface area contributed by atoms with Crippen LogP contribution in [0, 0.1) is 0 Å². The van der Waals surface area contributed by atoms with Crippen LogP contribution in [-0.4, -0.2) is 5.97 Å². The predicted octanol–water partition coefficient (Wildman–Crippen LogP) is 0.870. The van der Waals surface area contributed by atoms with E-state index in [1.54, 1.807) is 6.08 Å². The number of hydrogen-bond donors (Lipinski definition) is 0. The fourth-order valence-electron chi connectivity index (χ4n) is 0.692. The van der Waals surface area contributed by atoms with Crippen LogP contribution in [0.25, 0.3) is 0 Å². The van der Waals surface area contributed by atoms with Crippen LogP contribution < -0.4 is 5.11 Å². The van der Waals surface area contributed by atoms with Crippen LogP contribution in [0.1, 0.15) is 32.6 Å². The molecule has 0 unspecified atom stereocenters. The Bertz CT molecular complexity index is 121. The number of carboxylic acid groups (broad SMARTS) is 1. The van der Waals surface area contributed by atoms with Crippen LogP contribution in [0.5, 0.6) is 0 Å². The molecule has 0 radical (unpaired) electrons. The van der Waals surface area contributed by atoms with E-state index in [0.717, 1.165) is 25.3 Å². The van der Waals surface area contributed by atoms with Crippen LogP contribution in [0.3, 0.4) is 0 Å². The Labute approximate surface area is 83.2 Å². The van der Waals surface area contributed by atoms with Gasteiger partial charge >= 0.3 is 22.4 Å². The summed E-state index contributed by atoms with van der Waals surface area (Å²) in [5.74, 6) is -1.10. The van der Waals surface area contributed by atoms with Gasteiger partial charge in [-0.25, -0.2) is 0 Å². The quantitative estimate of drug-likeness (QED) is 0.412. The van der Waals surface area contributed by atoms with Crippen LogP contribution in [0.2, 0.25) is 0 Å². The molecule has 0 aliphatic heterocycles. The number of carboxylic acids is 1. The van der Waals surface area contributed by atoms with Crippen molar-refractivity contribution in [2.75, 3.05) is 0 Å². The average molecular weight is 249 g/mol. The number of unbranched alkanes of at least 4 members (excludes halogenated alkanes) is 3. The van der Waals surface area contributed by atoms with Gasteiger partial charge in [0.15, 0.2) is 0 Å². The third kappa shape index (κ3) is 13.0. The second-order valence-corrected chi connectivity index (χ2v) is 2.22. The summed E-state index contributed by atoms with van der Waals surface area (Å²) in [6, 6.07) is 0. The summed E-state index contributed by atoms with van der Waals surface area (Å²) in [6.07, 6.45) is 6.99. The van der Waals surface area contributed by atoms with Crippen LogP contribution in [0.4, 0.5) is 0 Å². The van der Waals surface area contributed by atoms with Crippen molar-refractivity contribution < 1.29 is 32.3 Å². The van der Waals surface area contributed by atoms with E-state index in [4.69, 9.17) is 0 Å². The molecule has 0 rings (SSSR count). The molecule has 0 spiro atoms. The minimum atomic E-state index is -1.10. The summed E-state index contributed by atoms with van der Waals surface area (Å²) in [4.78, 5) is 9.83. The molecule has 68 valence electrons. The third-order valence-corrected chi connectivity index (χ3v) is 1.23. The van der Waals surface area contributed by atoms with Gasteiger partial charge in [0, 0.05) is 0 Å². The van der Waals surface area contributed by atoms with Gasteiger partial charge in [-0.05, 0) is 18.9 Å². The van der Waals surface area contributed by atoms with Crippen molar-refractivity contribution in [1.29, 1.82) is 0 Å². The Morgan fingerprint density at radius 2 is 2.09 bits per heavy atom. The van der Waals surface area contributed by atoms with E-state index >= 15 is 0 Å². The standard InChI is InChI=1S/C8H14O2.Ag/c1-2-3-4-5-6-7-8(9)10;/h6-7H,2-5H2,1H3,(H,9,10);/q;+1/p-1. The van der Waals surface area contributed by atoms with Gasteiger partial charge in [-0.15, -0.1) is 0 Å². The van der Waals surface area contributed by atoms with Crippen molar-refractivity contribution in [3.05, 3.63) is 12.2 Å². The summed E-state index contributed by atoms with van der Waals surface area (Å²) < 4.78 is 0. The molecule has 0 aliphatic carbocycles. The molecular weight excluding hydrogens is 236 g/mol. The summed E-state index contributed by atoms with van der Waals surface area (Å²) in [6.45, 7) is 2.11. The van der Waals surface area contributed by atoms with Gasteiger partial charge in [-0.1, -0.05) is 25.8 Å². The normalized spacial score (nSPS) is 9.55. The molecule has 0 N–H and O–H groups in total. The molecule has 0 amide bonds. The van der Waals surface area contributed by atoms with Gasteiger partial charge < -0.3 is 9.90 Å². The van der Waals surface area contributed by atoms with Crippen LogP contribution in [0.15, 0.2) is 12.2 Å². The molecule has 0 heterocycles. The molecule has 0 bridgehead atoms. The molecule has 0 aromatic heterocycles. The predicted molar refractivity (Wildman–Crippen MR) is 38.3 cm³/mol. The van der Waals surface area contributed by atoms with Crippen molar-refractivity contribution in [1.82, 2.24) is 0 Å². The molecule has 0 fully saturated rings. The number of rotatable bonds is 5. The number of carbonyl (C=O) groups is 1. The maximum absolute atomic E-state index is 9.83. The smallest absolute Gasteiger partial charge is 0.545 e. The number of carbonyl (C=O) groups excluding carboxylic acids is 1. The van der Waals surface area contributed by atoms with Gasteiger partial charge in [0.25, 0.3) is 0 Å². The summed E-state index contributed by atoms with van der Waals surface area (Å²) in [7, 11) is 0. The van der Waals surface area contributed by atoms with Crippen molar-refractivity contribution in [2.24, 2.45) is 0 Å². The monoisotopic (exact) mass is 248 g/mol. The fourth-order valence-corrected chi connectivity index (χ4v) is 0.692. The third-order valence-electron chi connectivity index (χ3n) is 1.23. The second-order valence-electron chi connectivity index (χ2n) is 2.22. The Morgan fingerprint density at radius 3 is 2.55 bits per heavy atom. The van der Waals surface area contributed by atoms with Crippen LogP contribution >= 0.6 is 0 Å². The number of aliphatic carboxylic acids is 1. The topological polar surface area (TPSA) is 40.1 Å². The first-order valence-corrected chi connectivity index (χ1v) is 3.65. The van der Waals surface area contributed by atoms with Gasteiger partial charge in [-0.2, -0.15) is 0 Å². The molecule has 0 atom stereocenters. The Hall–Kier alpha value is -0.0497. The van der Waals surface area contributed by atoms with E-state index in [1.807, 2.05) is 0 Å². The zero-order valence-corrected chi connectivity index (χ0v) is 8.08. The Balaban J connectivity index is 0. The van der Waals surface area contributed by atoms with Gasteiger partial charge in [0.2, 0.25) is 0 Å². The number of allylic oxidation sites excluding steroid dienone is 1. The molecule has 0 saturated heterocycles. The zero-order valence-electron chi connectivity index (χ0n) is 6.60. The van der Waals surface area contributed by atoms with Crippen molar-refractivity contribution in [2.45, 2.75) is 32.6 Å². The molecule has 0 aromatic carbocycles. The molecule has 0 saturated carbocycles. The zero-order chi connectivity index (χ0) is 7.82. The first-order valence-electron chi connectivity index (χ1n) is 3.65. The van der Waals surface area contributed by atoms with Crippen molar-refractivity contribution in [3.63, 3.8) is 0 Å². The molecule has 0 aliphatic rings. The Kier molecular flexibility index (Phi) is 12.2.